The molecule has 0 aliphatic heterocycles. The Balaban J connectivity index is 4.61. The van der Waals surface area contributed by atoms with Gasteiger partial charge in [-0.25, -0.2) is 0 Å². The number of carboxylic acids is 1. The molecular formula is C31H59NO8. The Morgan fingerprint density at radius 1 is 0.650 bits per heavy atom. The number of hydrogen-bond donors (Lipinski definition) is 0. The van der Waals surface area contributed by atoms with Crippen LogP contribution < -0.4 is 5.11 Å². The van der Waals surface area contributed by atoms with Crippen LogP contribution >= 0.6 is 0 Å². The molecule has 0 saturated carbocycles. The van der Waals surface area contributed by atoms with Gasteiger partial charge in [0.2, 0.25) is 0 Å². The molecule has 0 rings (SSSR count). The van der Waals surface area contributed by atoms with E-state index in [9.17, 15) is 19.5 Å². The summed E-state index contributed by atoms with van der Waals surface area (Å²) in [5, 5.41) is 11.5. The molecular weight excluding hydrogens is 514 g/mol. The van der Waals surface area contributed by atoms with Crippen molar-refractivity contribution in [2.24, 2.45) is 0 Å². The van der Waals surface area contributed by atoms with Gasteiger partial charge in [-0.1, -0.05) is 97.3 Å². The third-order valence-corrected chi connectivity index (χ3v) is 6.60. The molecule has 0 saturated heterocycles. The van der Waals surface area contributed by atoms with Crippen molar-refractivity contribution in [2.75, 3.05) is 47.5 Å². The van der Waals surface area contributed by atoms with Gasteiger partial charge in [-0.2, -0.15) is 0 Å². The number of esters is 2. The summed E-state index contributed by atoms with van der Waals surface area (Å²) >= 11 is 0. The Morgan fingerprint density at radius 2 is 1.12 bits per heavy atom. The fraction of sp³-hybridized carbons (Fsp3) is 0.903. The Bertz CT molecular complexity index is 650. The van der Waals surface area contributed by atoms with E-state index in [-0.39, 0.29) is 32.2 Å². The highest BCUT2D eigenvalue weighted by atomic mass is 16.7. The molecule has 0 radical (unpaired) electrons. The van der Waals surface area contributed by atoms with Gasteiger partial charge < -0.3 is 33.3 Å². The zero-order chi connectivity index (χ0) is 30.1. The molecule has 0 bridgehead atoms. The molecule has 0 N–H and O–H groups in total. The van der Waals surface area contributed by atoms with Crippen molar-refractivity contribution in [1.29, 1.82) is 0 Å². The van der Waals surface area contributed by atoms with Gasteiger partial charge in [0.1, 0.15) is 13.2 Å². The van der Waals surface area contributed by atoms with E-state index in [4.69, 9.17) is 18.9 Å². The summed E-state index contributed by atoms with van der Waals surface area (Å²) in [5.74, 6) is -2.30. The zero-order valence-electron chi connectivity index (χ0n) is 26.2. The minimum absolute atomic E-state index is 0.151. The van der Waals surface area contributed by atoms with Crippen molar-refractivity contribution in [3.63, 3.8) is 0 Å². The predicted molar refractivity (Wildman–Crippen MR) is 154 cm³/mol. The predicted octanol–water partition coefficient (Wildman–Crippen LogP) is 4.93. The van der Waals surface area contributed by atoms with Gasteiger partial charge in [0.15, 0.2) is 12.4 Å². The average Bonchev–Trinajstić information content (AvgIpc) is 2.89. The Kier molecular flexibility index (Phi) is 24.0. The van der Waals surface area contributed by atoms with Crippen molar-refractivity contribution in [2.45, 2.75) is 135 Å². The maximum absolute atomic E-state index is 12.5. The van der Waals surface area contributed by atoms with Crippen LogP contribution in [0.25, 0.3) is 0 Å². The summed E-state index contributed by atoms with van der Waals surface area (Å²) in [7, 11) is 5.88. The molecule has 40 heavy (non-hydrogen) atoms. The molecule has 9 nitrogen and oxygen atoms in total. The van der Waals surface area contributed by atoms with Gasteiger partial charge in [0.25, 0.3) is 0 Å². The number of carbonyl (C=O) groups is 3. The number of carboxylic acid groups (broad SMARTS) is 1. The fourth-order valence-electron chi connectivity index (χ4n) is 4.06. The number of rotatable bonds is 28. The molecule has 0 spiro atoms. The van der Waals surface area contributed by atoms with E-state index in [1.165, 1.54) is 44.9 Å². The van der Waals surface area contributed by atoms with Crippen LogP contribution in [0, 0.1) is 0 Å². The molecule has 236 valence electrons. The maximum atomic E-state index is 12.5. The normalized spacial score (nSPS) is 13.1. The van der Waals surface area contributed by atoms with Gasteiger partial charge in [-0.05, 0) is 12.8 Å². The fourth-order valence-corrected chi connectivity index (χ4v) is 4.06. The molecule has 0 aromatic carbocycles. The van der Waals surface area contributed by atoms with Crippen LogP contribution in [0.2, 0.25) is 0 Å². The first-order valence-electron chi connectivity index (χ1n) is 15.7. The Hall–Kier alpha value is -1.71. The van der Waals surface area contributed by atoms with Gasteiger partial charge in [0, 0.05) is 12.8 Å². The largest absolute Gasteiger partial charge is 0.545 e. The first kappa shape index (κ1) is 38.3. The van der Waals surface area contributed by atoms with Crippen molar-refractivity contribution in [3.05, 3.63) is 0 Å². The molecule has 0 heterocycles. The number of aliphatic carboxylic acids is 1. The molecule has 0 amide bonds. The smallest absolute Gasteiger partial charge is 0.306 e. The summed E-state index contributed by atoms with van der Waals surface area (Å²) in [6, 6.07) is 0. The van der Waals surface area contributed by atoms with Gasteiger partial charge in [-0.15, -0.1) is 0 Å². The molecule has 2 unspecified atom stereocenters. The van der Waals surface area contributed by atoms with Crippen LogP contribution in [0.4, 0.5) is 0 Å². The van der Waals surface area contributed by atoms with Crippen LogP contribution in [0.1, 0.15) is 123 Å². The lowest BCUT2D eigenvalue weighted by Gasteiger charge is -2.26. The van der Waals surface area contributed by atoms with Crippen LogP contribution in [-0.2, 0) is 33.3 Å². The highest BCUT2D eigenvalue weighted by molar-refractivity contribution is 5.70. The second-order valence-corrected chi connectivity index (χ2v) is 11.8. The number of ether oxygens (including phenoxy) is 4. The van der Waals surface area contributed by atoms with Crippen molar-refractivity contribution >= 4 is 17.9 Å². The third kappa shape index (κ3) is 25.3. The molecule has 9 heteroatoms. The number of nitrogens with zero attached hydrogens (tertiary/aromatic N) is 1. The van der Waals surface area contributed by atoms with E-state index in [1.807, 2.05) is 21.1 Å². The first-order chi connectivity index (χ1) is 19.1. The number of quaternary nitrogens is 1. The molecule has 0 aromatic heterocycles. The van der Waals surface area contributed by atoms with Gasteiger partial charge in [0.05, 0.1) is 40.3 Å². The minimum Gasteiger partial charge on any atom is -0.545 e. The second kappa shape index (κ2) is 25.0. The summed E-state index contributed by atoms with van der Waals surface area (Å²) < 4.78 is 22.2. The molecule has 2 atom stereocenters. The number of hydrogen-bond acceptors (Lipinski definition) is 8. The van der Waals surface area contributed by atoms with Crippen LogP contribution in [0.15, 0.2) is 0 Å². The van der Waals surface area contributed by atoms with Crippen molar-refractivity contribution in [3.8, 4) is 0 Å². The highest BCUT2D eigenvalue weighted by Crippen LogP contribution is 2.13. The van der Waals surface area contributed by atoms with Crippen LogP contribution in [-0.4, -0.2) is 82.3 Å². The maximum Gasteiger partial charge on any atom is 0.306 e. The second-order valence-electron chi connectivity index (χ2n) is 11.8. The average molecular weight is 574 g/mol. The highest BCUT2D eigenvalue weighted by Gasteiger charge is 2.21. The van der Waals surface area contributed by atoms with E-state index in [1.54, 1.807) is 0 Å². The van der Waals surface area contributed by atoms with E-state index in [0.717, 1.165) is 51.4 Å². The summed E-state index contributed by atoms with van der Waals surface area (Å²) in [5.41, 5.74) is 0. The topological polar surface area (TPSA) is 111 Å². The summed E-state index contributed by atoms with van der Waals surface area (Å²) in [6.07, 6.45) is 14.7. The van der Waals surface area contributed by atoms with E-state index >= 15 is 0 Å². The lowest BCUT2D eigenvalue weighted by atomic mass is 10.1. The van der Waals surface area contributed by atoms with Gasteiger partial charge >= 0.3 is 11.9 Å². The molecule has 0 aromatic rings. The number of unbranched alkanes of at least 4 members (excludes halogenated alkanes) is 13. The molecule has 0 aliphatic carbocycles. The Labute approximate surface area is 243 Å². The summed E-state index contributed by atoms with van der Waals surface area (Å²) in [6.45, 7) is 4.59. The SMILES string of the molecule is CCCCCCCCCCCCC(=O)OC(COC(=O)CCCCCCC)COC(OCC[N+](C)(C)C)C(=O)[O-]. The Morgan fingerprint density at radius 3 is 1.60 bits per heavy atom. The third-order valence-electron chi connectivity index (χ3n) is 6.60. The number of carbonyl (C=O) groups excluding carboxylic acids is 3. The standard InChI is InChI=1S/C31H59NO8/c1-6-8-10-12-13-14-15-16-18-20-22-29(34)40-27(25-38-28(33)21-19-17-11-9-7-2)26-39-31(30(35)36)37-24-23-32(3,4)5/h27,31H,6-26H2,1-5H3. The first-order valence-corrected chi connectivity index (χ1v) is 15.7. The lowest BCUT2D eigenvalue weighted by Crippen LogP contribution is -2.44. The number of likely N-dealkylation sites (N-methyl/N-ethyl adjacent to an activating group) is 1. The lowest BCUT2D eigenvalue weighted by molar-refractivity contribution is -0.870. The summed E-state index contributed by atoms with van der Waals surface area (Å²) in [4.78, 5) is 36.2. The zero-order valence-corrected chi connectivity index (χ0v) is 26.2. The molecule has 0 fully saturated rings. The van der Waals surface area contributed by atoms with Crippen LogP contribution in [0.3, 0.4) is 0 Å². The molecule has 0 aliphatic rings. The minimum atomic E-state index is -1.61. The quantitative estimate of drug-likeness (QED) is 0.0561. The van der Waals surface area contributed by atoms with E-state index in [0.29, 0.717) is 17.4 Å². The van der Waals surface area contributed by atoms with E-state index in [2.05, 4.69) is 13.8 Å². The van der Waals surface area contributed by atoms with E-state index < -0.39 is 24.3 Å². The van der Waals surface area contributed by atoms with Crippen molar-refractivity contribution < 1.29 is 42.9 Å². The monoisotopic (exact) mass is 573 g/mol. The van der Waals surface area contributed by atoms with Gasteiger partial charge in [-0.3, -0.25) is 9.59 Å². The van der Waals surface area contributed by atoms with Crippen LogP contribution in [0.5, 0.6) is 0 Å². The van der Waals surface area contributed by atoms with Crippen molar-refractivity contribution in [1.82, 2.24) is 0 Å².